The lowest BCUT2D eigenvalue weighted by molar-refractivity contribution is -0.136. The van der Waals surface area contributed by atoms with Crippen molar-refractivity contribution in [1.29, 1.82) is 5.26 Å². The third-order valence-electron chi connectivity index (χ3n) is 4.69. The maximum Gasteiger partial charge on any atom is 0.329 e. The molecule has 2 N–H and O–H groups in total. The molecule has 0 saturated heterocycles. The zero-order valence-electron chi connectivity index (χ0n) is 18.2. The van der Waals surface area contributed by atoms with Crippen molar-refractivity contribution in [3.05, 3.63) is 89.0 Å². The summed E-state index contributed by atoms with van der Waals surface area (Å²) >= 11 is 0. The van der Waals surface area contributed by atoms with Crippen LogP contribution in [0.1, 0.15) is 22.3 Å². The van der Waals surface area contributed by atoms with E-state index in [0.717, 1.165) is 11.1 Å². The van der Waals surface area contributed by atoms with Crippen molar-refractivity contribution in [3.63, 3.8) is 0 Å². The number of hydrogen-bond acceptors (Lipinski definition) is 6. The second kappa shape index (κ2) is 11.1. The molecule has 0 unspecified atom stereocenters. The normalized spacial score (nSPS) is 10.3. The minimum absolute atomic E-state index is 0.393. The van der Waals surface area contributed by atoms with Gasteiger partial charge in [0.15, 0.2) is 11.5 Å². The Bertz CT molecular complexity index is 1210. The van der Waals surface area contributed by atoms with Gasteiger partial charge in [0.1, 0.15) is 6.61 Å². The summed E-state index contributed by atoms with van der Waals surface area (Å²) < 4.78 is 11.3. The smallest absolute Gasteiger partial charge is 0.329 e. The first-order chi connectivity index (χ1) is 16.0. The number of carbonyl (C=O) groups excluding carboxylic acids is 2. The molecule has 2 amide bonds. The van der Waals surface area contributed by atoms with Crippen LogP contribution < -0.4 is 20.2 Å². The van der Waals surface area contributed by atoms with Gasteiger partial charge in [-0.3, -0.25) is 9.59 Å². The van der Waals surface area contributed by atoms with E-state index >= 15 is 0 Å². The van der Waals surface area contributed by atoms with Crippen molar-refractivity contribution < 1.29 is 19.1 Å². The highest BCUT2D eigenvalue weighted by molar-refractivity contribution is 6.39. The molecule has 0 atom stereocenters. The molecule has 8 nitrogen and oxygen atoms in total. The van der Waals surface area contributed by atoms with Crippen LogP contribution in [0.2, 0.25) is 0 Å². The summed E-state index contributed by atoms with van der Waals surface area (Å²) in [5.41, 5.74) is 5.87. The van der Waals surface area contributed by atoms with Crippen LogP contribution >= 0.6 is 0 Å². The minimum Gasteiger partial charge on any atom is -0.493 e. The number of carbonyl (C=O) groups is 2. The summed E-state index contributed by atoms with van der Waals surface area (Å²) in [6.07, 6.45) is 1.39. The van der Waals surface area contributed by atoms with E-state index in [9.17, 15) is 9.59 Å². The topological polar surface area (TPSA) is 113 Å². The Hall–Kier alpha value is -4.64. The first kappa shape index (κ1) is 23.0. The van der Waals surface area contributed by atoms with Crippen LogP contribution in [0.5, 0.6) is 11.5 Å². The Morgan fingerprint density at radius 1 is 1.03 bits per heavy atom. The first-order valence-corrected chi connectivity index (χ1v) is 10.00. The van der Waals surface area contributed by atoms with E-state index in [1.54, 1.807) is 18.2 Å². The van der Waals surface area contributed by atoms with Crippen molar-refractivity contribution in [1.82, 2.24) is 5.43 Å². The highest BCUT2D eigenvalue weighted by Gasteiger charge is 2.13. The van der Waals surface area contributed by atoms with Gasteiger partial charge >= 0.3 is 11.8 Å². The standard InChI is InChI=1S/C25H22N4O4/c1-17-5-3-4-6-20(17)16-33-22-12-9-19(13-23(22)32-2)15-27-29-25(31)24(30)28-21-10-7-18(14-26)8-11-21/h3-13,15H,16H2,1-2H3,(H,28,30)(H,29,31)/b27-15+. The van der Waals surface area contributed by atoms with Crippen molar-refractivity contribution in [2.24, 2.45) is 5.10 Å². The second-order valence-electron chi connectivity index (χ2n) is 6.97. The zero-order valence-corrected chi connectivity index (χ0v) is 18.2. The highest BCUT2D eigenvalue weighted by Crippen LogP contribution is 2.28. The molecule has 0 aliphatic carbocycles. The third-order valence-corrected chi connectivity index (χ3v) is 4.69. The number of amides is 2. The van der Waals surface area contributed by atoms with Gasteiger partial charge in [0.05, 0.1) is 25.0 Å². The molecule has 0 spiro atoms. The number of anilines is 1. The summed E-state index contributed by atoms with van der Waals surface area (Å²) in [5.74, 6) is -0.726. The summed E-state index contributed by atoms with van der Waals surface area (Å²) in [6, 6.07) is 21.3. The number of methoxy groups -OCH3 is 1. The van der Waals surface area contributed by atoms with Gasteiger partial charge in [0.25, 0.3) is 0 Å². The number of hydrogen-bond donors (Lipinski definition) is 2. The van der Waals surface area contributed by atoms with Gasteiger partial charge in [-0.05, 0) is 66.1 Å². The molecule has 3 aromatic rings. The predicted molar refractivity (Wildman–Crippen MR) is 124 cm³/mol. The largest absolute Gasteiger partial charge is 0.493 e. The number of nitrogens with one attached hydrogen (secondary N) is 2. The van der Waals surface area contributed by atoms with Crippen molar-refractivity contribution in [2.45, 2.75) is 13.5 Å². The Kier molecular flexibility index (Phi) is 7.76. The van der Waals surface area contributed by atoms with E-state index < -0.39 is 11.8 Å². The molecule has 0 saturated carbocycles. The first-order valence-electron chi connectivity index (χ1n) is 10.00. The van der Waals surface area contributed by atoms with E-state index in [4.69, 9.17) is 14.7 Å². The van der Waals surface area contributed by atoms with Gasteiger partial charge in [0, 0.05) is 5.69 Å². The SMILES string of the molecule is COc1cc(/C=N/NC(=O)C(=O)Nc2ccc(C#N)cc2)ccc1OCc1ccccc1C. The number of nitriles is 1. The van der Waals surface area contributed by atoms with Crippen molar-refractivity contribution in [3.8, 4) is 17.6 Å². The molecule has 0 aromatic heterocycles. The summed E-state index contributed by atoms with van der Waals surface area (Å²) in [6.45, 7) is 2.43. The minimum atomic E-state index is -0.930. The Morgan fingerprint density at radius 3 is 2.48 bits per heavy atom. The van der Waals surface area contributed by atoms with Crippen LogP contribution in [0.15, 0.2) is 71.8 Å². The van der Waals surface area contributed by atoms with E-state index in [2.05, 4.69) is 15.8 Å². The predicted octanol–water partition coefficient (Wildman–Crippen LogP) is 3.54. The molecule has 3 rings (SSSR count). The molecular formula is C25H22N4O4. The maximum absolute atomic E-state index is 12.0. The molecule has 0 heterocycles. The van der Waals surface area contributed by atoms with Gasteiger partial charge in [0.2, 0.25) is 0 Å². The lowest BCUT2D eigenvalue weighted by atomic mass is 10.1. The van der Waals surface area contributed by atoms with Gasteiger partial charge in [-0.25, -0.2) is 5.43 Å². The summed E-state index contributed by atoms with van der Waals surface area (Å²) in [4.78, 5) is 23.9. The average Bonchev–Trinajstić information content (AvgIpc) is 2.84. The second-order valence-corrected chi connectivity index (χ2v) is 6.97. The Morgan fingerprint density at radius 2 is 1.79 bits per heavy atom. The van der Waals surface area contributed by atoms with Crippen molar-refractivity contribution >= 4 is 23.7 Å². The molecule has 3 aromatic carbocycles. The van der Waals surface area contributed by atoms with Crippen LogP contribution in [-0.4, -0.2) is 25.1 Å². The number of rotatable bonds is 7. The Labute approximate surface area is 191 Å². The van der Waals surface area contributed by atoms with Gasteiger partial charge in [-0.15, -0.1) is 0 Å². The number of nitrogens with zero attached hydrogens (tertiary/aromatic N) is 2. The molecule has 0 bridgehead atoms. The van der Waals surface area contributed by atoms with Gasteiger partial charge in [-0.2, -0.15) is 10.4 Å². The molecule has 0 radical (unpaired) electrons. The quantitative estimate of drug-likeness (QED) is 0.330. The van der Waals surface area contributed by atoms with Crippen molar-refractivity contribution in [2.75, 3.05) is 12.4 Å². The summed E-state index contributed by atoms with van der Waals surface area (Å²) in [7, 11) is 1.53. The third kappa shape index (κ3) is 6.42. The van der Waals surface area contributed by atoms with Gasteiger partial charge in [-0.1, -0.05) is 24.3 Å². The lowest BCUT2D eigenvalue weighted by Crippen LogP contribution is -2.32. The fourth-order valence-corrected chi connectivity index (χ4v) is 2.84. The number of hydrazone groups is 1. The van der Waals surface area contributed by atoms with Crippen LogP contribution in [0.25, 0.3) is 0 Å². The number of ether oxygens (including phenoxy) is 2. The van der Waals surface area contributed by atoms with Crippen LogP contribution in [0.3, 0.4) is 0 Å². The van der Waals surface area contributed by atoms with Crippen LogP contribution in [-0.2, 0) is 16.2 Å². The molecule has 0 aliphatic rings. The van der Waals surface area contributed by atoms with E-state index in [1.807, 2.05) is 37.3 Å². The zero-order chi connectivity index (χ0) is 23.6. The van der Waals surface area contributed by atoms with E-state index in [-0.39, 0.29) is 0 Å². The maximum atomic E-state index is 12.0. The monoisotopic (exact) mass is 442 g/mol. The van der Waals surface area contributed by atoms with Crippen LogP contribution in [0.4, 0.5) is 5.69 Å². The molecule has 8 heteroatoms. The lowest BCUT2D eigenvalue weighted by Gasteiger charge is -2.12. The molecule has 0 aliphatic heterocycles. The number of benzene rings is 3. The highest BCUT2D eigenvalue weighted by atomic mass is 16.5. The van der Waals surface area contributed by atoms with Crippen LogP contribution in [0, 0.1) is 18.3 Å². The molecule has 33 heavy (non-hydrogen) atoms. The van der Waals surface area contributed by atoms with Gasteiger partial charge < -0.3 is 14.8 Å². The van der Waals surface area contributed by atoms with E-state index in [0.29, 0.717) is 34.9 Å². The molecular weight excluding hydrogens is 420 g/mol. The molecule has 166 valence electrons. The fourth-order valence-electron chi connectivity index (χ4n) is 2.84. The number of aryl methyl sites for hydroxylation is 1. The Balaban J connectivity index is 1.56. The fraction of sp³-hybridized carbons (Fsp3) is 0.120. The average molecular weight is 442 g/mol. The summed E-state index contributed by atoms with van der Waals surface area (Å²) in [5, 5.41) is 15.0. The van der Waals surface area contributed by atoms with E-state index in [1.165, 1.54) is 37.6 Å². The molecule has 0 fully saturated rings.